The van der Waals surface area contributed by atoms with E-state index >= 15 is 0 Å². The van der Waals surface area contributed by atoms with Crippen LogP contribution in [0.5, 0.6) is 0 Å². The second kappa shape index (κ2) is 6.66. The number of amides is 1. The third-order valence-electron chi connectivity index (χ3n) is 3.64. The molecule has 104 valence electrons. The maximum absolute atomic E-state index is 13.6. The van der Waals surface area contributed by atoms with Crippen molar-refractivity contribution < 1.29 is 9.18 Å². The summed E-state index contributed by atoms with van der Waals surface area (Å²) in [5, 5.41) is 3.11. The van der Waals surface area contributed by atoms with Crippen molar-refractivity contribution in [1.29, 1.82) is 0 Å². The van der Waals surface area contributed by atoms with Gasteiger partial charge < -0.3 is 10.2 Å². The van der Waals surface area contributed by atoms with Gasteiger partial charge in [0.1, 0.15) is 5.82 Å². The third kappa shape index (κ3) is 3.77. The number of piperidine rings is 1. The largest absolute Gasteiger partial charge is 0.342 e. The summed E-state index contributed by atoms with van der Waals surface area (Å²) in [6.07, 6.45) is 3.39. The van der Waals surface area contributed by atoms with Crippen LogP contribution in [0.2, 0.25) is 0 Å². The van der Waals surface area contributed by atoms with Gasteiger partial charge in [-0.25, -0.2) is 4.39 Å². The lowest BCUT2D eigenvalue weighted by Gasteiger charge is -2.27. The first-order chi connectivity index (χ1) is 9.18. The van der Waals surface area contributed by atoms with Crippen molar-refractivity contribution in [3.63, 3.8) is 0 Å². The minimum Gasteiger partial charge on any atom is -0.342 e. The van der Waals surface area contributed by atoms with E-state index in [-0.39, 0.29) is 24.3 Å². The van der Waals surface area contributed by atoms with Crippen molar-refractivity contribution in [1.82, 2.24) is 10.2 Å². The molecule has 0 aromatic heterocycles. The third-order valence-corrected chi connectivity index (χ3v) is 3.64. The Morgan fingerprint density at radius 2 is 2.00 bits per heavy atom. The van der Waals surface area contributed by atoms with Crippen molar-refractivity contribution in [2.75, 3.05) is 19.6 Å². The Morgan fingerprint density at radius 3 is 2.68 bits per heavy atom. The first-order valence-corrected chi connectivity index (χ1v) is 6.94. The summed E-state index contributed by atoms with van der Waals surface area (Å²) in [6.45, 7) is 3.86. The molecule has 0 bridgehead atoms. The second-order valence-electron chi connectivity index (χ2n) is 5.07. The summed E-state index contributed by atoms with van der Waals surface area (Å²) in [5.74, 6) is -0.115. The van der Waals surface area contributed by atoms with Gasteiger partial charge in [-0.05, 0) is 32.3 Å². The van der Waals surface area contributed by atoms with Crippen molar-refractivity contribution in [2.45, 2.75) is 32.2 Å². The quantitative estimate of drug-likeness (QED) is 0.906. The monoisotopic (exact) mass is 264 g/mol. The van der Waals surface area contributed by atoms with Gasteiger partial charge in [0.25, 0.3) is 0 Å². The smallest absolute Gasteiger partial charge is 0.236 e. The summed E-state index contributed by atoms with van der Waals surface area (Å²) in [7, 11) is 0. The molecule has 1 atom stereocenters. The molecule has 19 heavy (non-hydrogen) atoms. The number of hydrogen-bond acceptors (Lipinski definition) is 2. The van der Waals surface area contributed by atoms with E-state index in [2.05, 4.69) is 5.32 Å². The molecule has 1 saturated heterocycles. The summed E-state index contributed by atoms with van der Waals surface area (Å²) >= 11 is 0. The van der Waals surface area contributed by atoms with E-state index in [0.29, 0.717) is 5.56 Å². The van der Waals surface area contributed by atoms with Crippen LogP contribution < -0.4 is 5.32 Å². The molecule has 1 unspecified atom stereocenters. The number of rotatable bonds is 4. The molecule has 3 nitrogen and oxygen atoms in total. The van der Waals surface area contributed by atoms with Gasteiger partial charge in [0.2, 0.25) is 5.91 Å². The Morgan fingerprint density at radius 1 is 1.32 bits per heavy atom. The van der Waals surface area contributed by atoms with Gasteiger partial charge in [-0.3, -0.25) is 4.79 Å². The number of halogens is 1. The van der Waals surface area contributed by atoms with Gasteiger partial charge in [0.15, 0.2) is 0 Å². The zero-order valence-corrected chi connectivity index (χ0v) is 11.4. The van der Waals surface area contributed by atoms with Gasteiger partial charge in [0.05, 0.1) is 6.54 Å². The highest BCUT2D eigenvalue weighted by Crippen LogP contribution is 2.16. The van der Waals surface area contributed by atoms with Gasteiger partial charge in [-0.1, -0.05) is 18.2 Å². The van der Waals surface area contributed by atoms with E-state index < -0.39 is 0 Å². The molecule has 0 aliphatic carbocycles. The standard InChI is InChI=1S/C15H21FN2O/c1-12(13-7-3-4-8-14(13)16)17-11-15(19)18-9-5-2-6-10-18/h3-4,7-8,12,17H,2,5-6,9-11H2,1H3. The summed E-state index contributed by atoms with van der Waals surface area (Å²) in [4.78, 5) is 13.9. The summed E-state index contributed by atoms with van der Waals surface area (Å²) in [6, 6.07) is 6.51. The van der Waals surface area contributed by atoms with E-state index in [1.165, 1.54) is 12.5 Å². The maximum atomic E-state index is 13.6. The summed E-state index contributed by atoms with van der Waals surface area (Å²) < 4.78 is 13.6. The normalized spacial score (nSPS) is 17.3. The lowest BCUT2D eigenvalue weighted by Crippen LogP contribution is -2.41. The minimum atomic E-state index is -0.229. The van der Waals surface area contributed by atoms with Gasteiger partial charge in [0, 0.05) is 24.7 Å². The molecule has 4 heteroatoms. The number of nitrogens with zero attached hydrogens (tertiary/aromatic N) is 1. The SMILES string of the molecule is CC(NCC(=O)N1CCCCC1)c1ccccc1F. The van der Waals surface area contributed by atoms with Crippen LogP contribution in [0.4, 0.5) is 4.39 Å². The van der Waals surface area contributed by atoms with Crippen LogP contribution in [0.1, 0.15) is 37.8 Å². The van der Waals surface area contributed by atoms with Crippen LogP contribution in [-0.4, -0.2) is 30.4 Å². The molecule has 1 heterocycles. The summed E-state index contributed by atoms with van der Waals surface area (Å²) in [5.41, 5.74) is 0.606. The van der Waals surface area contributed by atoms with Crippen LogP contribution in [0.15, 0.2) is 24.3 Å². The lowest BCUT2D eigenvalue weighted by atomic mass is 10.1. The average Bonchev–Trinajstić information content (AvgIpc) is 2.46. The van der Waals surface area contributed by atoms with Gasteiger partial charge in [-0.15, -0.1) is 0 Å². The van der Waals surface area contributed by atoms with E-state index in [4.69, 9.17) is 0 Å². The second-order valence-corrected chi connectivity index (χ2v) is 5.07. The predicted molar refractivity (Wildman–Crippen MR) is 73.2 cm³/mol. The number of carbonyl (C=O) groups is 1. The van der Waals surface area contributed by atoms with Gasteiger partial charge >= 0.3 is 0 Å². The van der Waals surface area contributed by atoms with Crippen LogP contribution in [-0.2, 0) is 4.79 Å². The van der Waals surface area contributed by atoms with E-state index in [1.807, 2.05) is 17.9 Å². The maximum Gasteiger partial charge on any atom is 0.236 e. The molecule has 1 amide bonds. The number of hydrogen-bond donors (Lipinski definition) is 1. The fraction of sp³-hybridized carbons (Fsp3) is 0.533. The van der Waals surface area contributed by atoms with Crippen molar-refractivity contribution in [3.8, 4) is 0 Å². The molecular formula is C15H21FN2O. The molecule has 1 aliphatic heterocycles. The molecule has 1 fully saturated rings. The number of carbonyl (C=O) groups excluding carboxylic acids is 1. The fourth-order valence-corrected chi connectivity index (χ4v) is 2.43. The number of benzene rings is 1. The Bertz CT molecular complexity index is 430. The lowest BCUT2D eigenvalue weighted by molar-refractivity contribution is -0.131. The highest BCUT2D eigenvalue weighted by atomic mass is 19.1. The first-order valence-electron chi connectivity index (χ1n) is 6.94. The van der Waals surface area contributed by atoms with Gasteiger partial charge in [-0.2, -0.15) is 0 Å². The molecule has 0 saturated carbocycles. The molecule has 1 aromatic carbocycles. The molecule has 1 N–H and O–H groups in total. The topological polar surface area (TPSA) is 32.3 Å². The zero-order chi connectivity index (χ0) is 13.7. The molecule has 0 radical (unpaired) electrons. The van der Waals surface area contributed by atoms with E-state index in [0.717, 1.165) is 25.9 Å². The highest BCUT2D eigenvalue weighted by molar-refractivity contribution is 5.78. The Labute approximate surface area is 113 Å². The first kappa shape index (κ1) is 14.0. The molecule has 1 aromatic rings. The average molecular weight is 264 g/mol. The number of likely N-dealkylation sites (tertiary alicyclic amines) is 1. The van der Waals surface area contributed by atoms with Crippen LogP contribution in [0.3, 0.4) is 0 Å². The van der Waals surface area contributed by atoms with Crippen molar-refractivity contribution >= 4 is 5.91 Å². The zero-order valence-electron chi connectivity index (χ0n) is 11.4. The van der Waals surface area contributed by atoms with Crippen LogP contribution >= 0.6 is 0 Å². The fourth-order valence-electron chi connectivity index (χ4n) is 2.43. The predicted octanol–water partition coefficient (Wildman–Crippen LogP) is 2.49. The van der Waals surface area contributed by atoms with Crippen LogP contribution in [0, 0.1) is 5.82 Å². The molecule has 2 rings (SSSR count). The molecule has 1 aliphatic rings. The Kier molecular flexibility index (Phi) is 4.91. The van der Waals surface area contributed by atoms with E-state index in [1.54, 1.807) is 12.1 Å². The minimum absolute atomic E-state index is 0.114. The van der Waals surface area contributed by atoms with Crippen molar-refractivity contribution in [2.24, 2.45) is 0 Å². The van der Waals surface area contributed by atoms with Crippen molar-refractivity contribution in [3.05, 3.63) is 35.6 Å². The Balaban J connectivity index is 1.84. The Hall–Kier alpha value is -1.42. The van der Waals surface area contributed by atoms with Crippen LogP contribution in [0.25, 0.3) is 0 Å². The molecular weight excluding hydrogens is 243 g/mol. The molecule has 0 spiro atoms. The highest BCUT2D eigenvalue weighted by Gasteiger charge is 2.17. The van der Waals surface area contributed by atoms with E-state index in [9.17, 15) is 9.18 Å². The number of nitrogens with one attached hydrogen (secondary N) is 1.